The topological polar surface area (TPSA) is 55.7 Å². The van der Waals surface area contributed by atoms with Crippen LogP contribution in [0.3, 0.4) is 0 Å². The summed E-state index contributed by atoms with van der Waals surface area (Å²) in [7, 11) is 0. The van der Waals surface area contributed by atoms with Gasteiger partial charge in [0.25, 0.3) is 0 Å². The molecule has 1 heterocycles. The van der Waals surface area contributed by atoms with Crippen LogP contribution in [-0.2, 0) is 9.59 Å². The summed E-state index contributed by atoms with van der Waals surface area (Å²) >= 11 is 0. The van der Waals surface area contributed by atoms with E-state index in [1.807, 2.05) is 24.3 Å². The van der Waals surface area contributed by atoms with Crippen LogP contribution in [0.5, 0.6) is 5.75 Å². The fourth-order valence-electron chi connectivity index (χ4n) is 4.45. The normalized spacial score (nSPS) is 25.5. The number of nitrogens with zero attached hydrogens (tertiary/aromatic N) is 1. The second kappa shape index (κ2) is 7.18. The average Bonchev–Trinajstić information content (AvgIpc) is 2.66. The molecule has 1 unspecified atom stereocenters. The van der Waals surface area contributed by atoms with Crippen molar-refractivity contribution in [3.63, 3.8) is 0 Å². The van der Waals surface area contributed by atoms with E-state index >= 15 is 0 Å². The van der Waals surface area contributed by atoms with Gasteiger partial charge in [0, 0.05) is 35.7 Å². The van der Waals surface area contributed by atoms with Crippen molar-refractivity contribution in [2.75, 3.05) is 6.61 Å². The standard InChI is InChI=1S/C22H25NO3/c1-2-13-26-15-11-9-14(10-12-15)20-21-16(5-3-7-18(21)24)23-17-6-4-8-19(25)22(17)20/h9-12,20-21H,2-8,13H2,1H3/t20-,21?/m1/s1. The van der Waals surface area contributed by atoms with Crippen LogP contribution in [0.25, 0.3) is 0 Å². The Morgan fingerprint density at radius 1 is 1.00 bits per heavy atom. The second-order valence-corrected chi connectivity index (χ2v) is 7.43. The third-order valence-electron chi connectivity index (χ3n) is 5.63. The highest BCUT2D eigenvalue weighted by Crippen LogP contribution is 2.46. The molecule has 26 heavy (non-hydrogen) atoms. The number of carbonyl (C=O) groups is 2. The van der Waals surface area contributed by atoms with E-state index in [-0.39, 0.29) is 23.4 Å². The van der Waals surface area contributed by atoms with Crippen molar-refractivity contribution >= 4 is 17.3 Å². The number of carbonyl (C=O) groups excluding carboxylic acids is 2. The van der Waals surface area contributed by atoms with E-state index in [9.17, 15) is 9.59 Å². The molecule has 0 N–H and O–H groups in total. The SMILES string of the molecule is CCCOc1ccc([C@H]2C3=C(CCCC3=O)N=C3CCCC(=O)C32)cc1. The lowest BCUT2D eigenvalue weighted by Gasteiger charge is -2.37. The van der Waals surface area contributed by atoms with Gasteiger partial charge in [-0.3, -0.25) is 14.6 Å². The molecule has 0 bridgehead atoms. The van der Waals surface area contributed by atoms with Crippen LogP contribution in [0.4, 0.5) is 0 Å². The van der Waals surface area contributed by atoms with Crippen LogP contribution in [-0.4, -0.2) is 23.9 Å². The number of aliphatic imine (C=N–C) groups is 1. The highest BCUT2D eigenvalue weighted by Gasteiger charge is 2.44. The molecule has 1 aromatic carbocycles. The molecule has 1 fully saturated rings. The van der Waals surface area contributed by atoms with E-state index in [4.69, 9.17) is 9.73 Å². The van der Waals surface area contributed by atoms with Gasteiger partial charge in [0.2, 0.25) is 0 Å². The molecule has 4 heteroatoms. The van der Waals surface area contributed by atoms with Crippen molar-refractivity contribution in [2.45, 2.75) is 57.8 Å². The molecule has 1 saturated carbocycles. The van der Waals surface area contributed by atoms with Gasteiger partial charge >= 0.3 is 0 Å². The predicted molar refractivity (Wildman–Crippen MR) is 101 cm³/mol. The summed E-state index contributed by atoms with van der Waals surface area (Å²) in [5.41, 5.74) is 3.75. The first-order valence-electron chi connectivity index (χ1n) is 9.78. The molecule has 0 aromatic heterocycles. The largest absolute Gasteiger partial charge is 0.494 e. The maximum Gasteiger partial charge on any atom is 0.161 e. The quantitative estimate of drug-likeness (QED) is 0.808. The summed E-state index contributed by atoms with van der Waals surface area (Å²) in [5, 5.41) is 0. The zero-order valence-corrected chi connectivity index (χ0v) is 15.3. The number of fused-ring (bicyclic) bond motifs is 1. The van der Waals surface area contributed by atoms with Gasteiger partial charge in [-0.15, -0.1) is 0 Å². The average molecular weight is 351 g/mol. The fraction of sp³-hybridized carbons (Fsp3) is 0.500. The van der Waals surface area contributed by atoms with Gasteiger partial charge < -0.3 is 4.74 Å². The first-order valence-corrected chi connectivity index (χ1v) is 9.78. The Morgan fingerprint density at radius 3 is 2.54 bits per heavy atom. The fourth-order valence-corrected chi connectivity index (χ4v) is 4.45. The van der Waals surface area contributed by atoms with Crippen LogP contribution in [0.1, 0.15) is 63.4 Å². The molecule has 136 valence electrons. The molecule has 1 aliphatic heterocycles. The molecule has 1 aromatic rings. The van der Waals surface area contributed by atoms with Gasteiger partial charge in [-0.2, -0.15) is 0 Å². The summed E-state index contributed by atoms with van der Waals surface area (Å²) in [4.78, 5) is 30.3. The molecule has 4 rings (SSSR count). The number of hydrogen-bond acceptors (Lipinski definition) is 4. The summed E-state index contributed by atoms with van der Waals surface area (Å²) in [5.74, 6) is 0.810. The van der Waals surface area contributed by atoms with Gasteiger partial charge in [0.1, 0.15) is 11.5 Å². The van der Waals surface area contributed by atoms with Crippen LogP contribution in [0, 0.1) is 5.92 Å². The minimum absolute atomic E-state index is 0.168. The van der Waals surface area contributed by atoms with Crippen molar-refractivity contribution < 1.29 is 14.3 Å². The third kappa shape index (κ3) is 3.02. The zero-order valence-electron chi connectivity index (χ0n) is 15.3. The summed E-state index contributed by atoms with van der Waals surface area (Å²) in [6.07, 6.45) is 5.58. The summed E-state index contributed by atoms with van der Waals surface area (Å²) < 4.78 is 5.68. The number of ether oxygens (including phenoxy) is 1. The van der Waals surface area contributed by atoms with Crippen LogP contribution < -0.4 is 4.74 Å². The summed E-state index contributed by atoms with van der Waals surface area (Å²) in [6.45, 7) is 2.77. The van der Waals surface area contributed by atoms with E-state index < -0.39 is 0 Å². The van der Waals surface area contributed by atoms with E-state index in [0.29, 0.717) is 19.4 Å². The van der Waals surface area contributed by atoms with Gasteiger partial charge in [-0.05, 0) is 49.8 Å². The monoisotopic (exact) mass is 351 g/mol. The lowest BCUT2D eigenvalue weighted by molar-refractivity contribution is -0.122. The van der Waals surface area contributed by atoms with Crippen molar-refractivity contribution in [3.8, 4) is 5.75 Å². The van der Waals surface area contributed by atoms with E-state index in [1.165, 1.54) is 0 Å². The Bertz CT molecular complexity index is 788. The van der Waals surface area contributed by atoms with Crippen molar-refractivity contribution in [2.24, 2.45) is 10.9 Å². The lowest BCUT2D eigenvalue weighted by Crippen LogP contribution is -2.39. The Morgan fingerprint density at radius 2 is 1.77 bits per heavy atom. The Hall–Kier alpha value is -2.23. The highest BCUT2D eigenvalue weighted by molar-refractivity contribution is 6.12. The second-order valence-electron chi connectivity index (χ2n) is 7.43. The van der Waals surface area contributed by atoms with Crippen LogP contribution >= 0.6 is 0 Å². The molecule has 2 aliphatic carbocycles. The van der Waals surface area contributed by atoms with Crippen molar-refractivity contribution in [1.29, 1.82) is 0 Å². The van der Waals surface area contributed by atoms with Crippen molar-refractivity contribution in [1.82, 2.24) is 0 Å². The molecule has 0 radical (unpaired) electrons. The number of benzene rings is 1. The maximum atomic E-state index is 12.8. The molecule has 0 spiro atoms. The van der Waals surface area contributed by atoms with Gasteiger partial charge in [-0.1, -0.05) is 19.1 Å². The molecular weight excluding hydrogens is 326 g/mol. The zero-order chi connectivity index (χ0) is 18.1. The maximum absolute atomic E-state index is 12.8. The molecule has 3 aliphatic rings. The first-order chi connectivity index (χ1) is 12.7. The predicted octanol–water partition coefficient (Wildman–Crippen LogP) is 4.39. The molecule has 0 saturated heterocycles. The van der Waals surface area contributed by atoms with Gasteiger partial charge in [0.15, 0.2) is 5.78 Å². The van der Waals surface area contributed by atoms with Gasteiger partial charge in [-0.25, -0.2) is 0 Å². The lowest BCUT2D eigenvalue weighted by atomic mass is 9.67. The van der Waals surface area contributed by atoms with Crippen LogP contribution in [0.2, 0.25) is 0 Å². The van der Waals surface area contributed by atoms with Crippen molar-refractivity contribution in [3.05, 3.63) is 41.1 Å². The number of rotatable bonds is 4. The van der Waals surface area contributed by atoms with Gasteiger partial charge in [0.05, 0.1) is 12.5 Å². The molecular formula is C22H25NO3. The number of hydrogen-bond donors (Lipinski definition) is 0. The molecule has 4 nitrogen and oxygen atoms in total. The first kappa shape index (κ1) is 17.2. The number of ketones is 2. The van der Waals surface area contributed by atoms with E-state index in [0.717, 1.165) is 60.4 Å². The minimum atomic E-state index is -0.257. The Labute approximate surface area is 154 Å². The smallest absolute Gasteiger partial charge is 0.161 e. The van der Waals surface area contributed by atoms with Crippen LogP contribution in [0.15, 0.2) is 40.5 Å². The summed E-state index contributed by atoms with van der Waals surface area (Å²) in [6, 6.07) is 7.95. The Kier molecular flexibility index (Phi) is 4.75. The van der Waals surface area contributed by atoms with E-state index in [1.54, 1.807) is 0 Å². The van der Waals surface area contributed by atoms with E-state index in [2.05, 4.69) is 6.92 Å². The third-order valence-corrected chi connectivity index (χ3v) is 5.63. The minimum Gasteiger partial charge on any atom is -0.494 e. The number of allylic oxidation sites excluding steroid dienone is 2. The Balaban J connectivity index is 1.75. The molecule has 2 atom stereocenters. The number of Topliss-reactive ketones (excluding diaryl/α,β-unsaturated/α-hetero) is 2. The highest BCUT2D eigenvalue weighted by atomic mass is 16.5. The molecule has 0 amide bonds.